The van der Waals surface area contributed by atoms with Crippen LogP contribution in [0.2, 0.25) is 0 Å². The molecule has 0 saturated carbocycles. The molecule has 1 aromatic heterocycles. The van der Waals surface area contributed by atoms with Gasteiger partial charge >= 0.3 is 0 Å². The summed E-state index contributed by atoms with van der Waals surface area (Å²) in [5, 5.41) is 2.82. The third kappa shape index (κ3) is 3.36. The molecule has 0 spiro atoms. The normalized spacial score (nSPS) is 11.9. The average molecular weight is 335 g/mol. The number of carbonyl (C=O) groups excluding carboxylic acids is 1. The zero-order valence-corrected chi connectivity index (χ0v) is 12.8. The van der Waals surface area contributed by atoms with Gasteiger partial charge in [0, 0.05) is 22.4 Å². The van der Waals surface area contributed by atoms with E-state index in [4.69, 9.17) is 0 Å². The van der Waals surface area contributed by atoms with Crippen molar-refractivity contribution in [3.63, 3.8) is 0 Å². The minimum absolute atomic E-state index is 0.125. The number of benzene rings is 1. The van der Waals surface area contributed by atoms with Gasteiger partial charge in [-0.15, -0.1) is 0 Å². The lowest BCUT2D eigenvalue weighted by Gasteiger charge is -2.14. The van der Waals surface area contributed by atoms with Gasteiger partial charge in [0.25, 0.3) is 5.91 Å². The van der Waals surface area contributed by atoms with E-state index in [1.807, 2.05) is 31.2 Å². The first kappa shape index (κ1) is 14.5. The summed E-state index contributed by atoms with van der Waals surface area (Å²) in [6.07, 6.45) is 1.45. The van der Waals surface area contributed by atoms with Crippen molar-refractivity contribution in [2.75, 3.05) is 0 Å². The van der Waals surface area contributed by atoms with E-state index in [9.17, 15) is 9.59 Å². The monoisotopic (exact) mass is 334 g/mol. The number of carbonyl (C=O) groups is 1. The molecule has 0 fully saturated rings. The summed E-state index contributed by atoms with van der Waals surface area (Å²) in [5.74, 6) is -0.373. The topological polar surface area (TPSA) is 62.0 Å². The van der Waals surface area contributed by atoms with E-state index in [0.29, 0.717) is 0 Å². The Morgan fingerprint density at radius 3 is 2.55 bits per heavy atom. The molecule has 0 saturated heterocycles. The van der Waals surface area contributed by atoms with Crippen LogP contribution in [0.25, 0.3) is 0 Å². The molecule has 0 unspecified atom stereocenters. The van der Waals surface area contributed by atoms with Crippen LogP contribution in [-0.2, 0) is 0 Å². The number of aryl methyl sites for hydroxylation is 1. The first-order valence-electron chi connectivity index (χ1n) is 6.23. The van der Waals surface area contributed by atoms with Crippen molar-refractivity contribution in [1.29, 1.82) is 0 Å². The van der Waals surface area contributed by atoms with Crippen molar-refractivity contribution >= 4 is 21.8 Å². The lowest BCUT2D eigenvalue weighted by molar-refractivity contribution is 0.0938. The molecule has 1 aromatic carbocycles. The number of aromatic amines is 1. The highest BCUT2D eigenvalue weighted by atomic mass is 79.9. The molecule has 5 heteroatoms. The zero-order chi connectivity index (χ0) is 14.7. The van der Waals surface area contributed by atoms with Crippen LogP contribution in [-0.4, -0.2) is 10.9 Å². The Morgan fingerprint density at radius 2 is 1.95 bits per heavy atom. The second-order valence-corrected chi connectivity index (χ2v) is 5.56. The zero-order valence-electron chi connectivity index (χ0n) is 11.2. The summed E-state index contributed by atoms with van der Waals surface area (Å²) in [6, 6.07) is 8.92. The molecule has 4 nitrogen and oxygen atoms in total. The Bertz CT molecular complexity index is 677. The molecule has 0 radical (unpaired) electrons. The number of H-pyrrole nitrogens is 1. The number of nitrogens with one attached hydrogen (secondary N) is 2. The predicted octanol–water partition coefficient (Wildman–Crippen LogP) is 2.94. The largest absolute Gasteiger partial charge is 0.364 e. The Labute approximate surface area is 125 Å². The van der Waals surface area contributed by atoms with E-state index in [0.717, 1.165) is 15.7 Å². The number of hydrogen-bond donors (Lipinski definition) is 2. The van der Waals surface area contributed by atoms with E-state index >= 15 is 0 Å². The van der Waals surface area contributed by atoms with Gasteiger partial charge in [-0.2, -0.15) is 0 Å². The highest BCUT2D eigenvalue weighted by Crippen LogP contribution is 2.16. The minimum atomic E-state index is -0.373. The van der Waals surface area contributed by atoms with Crippen molar-refractivity contribution in [2.45, 2.75) is 19.9 Å². The molecule has 2 rings (SSSR count). The van der Waals surface area contributed by atoms with Crippen molar-refractivity contribution < 1.29 is 4.79 Å². The summed E-state index contributed by atoms with van der Waals surface area (Å²) < 4.78 is 0.981. The van der Waals surface area contributed by atoms with Crippen molar-refractivity contribution in [3.8, 4) is 0 Å². The van der Waals surface area contributed by atoms with Crippen LogP contribution in [0.5, 0.6) is 0 Å². The summed E-state index contributed by atoms with van der Waals surface area (Å²) >= 11 is 3.37. The van der Waals surface area contributed by atoms with Gasteiger partial charge in [-0.3, -0.25) is 9.59 Å². The first-order valence-corrected chi connectivity index (χ1v) is 7.02. The van der Waals surface area contributed by atoms with Crippen molar-refractivity contribution in [1.82, 2.24) is 10.3 Å². The van der Waals surface area contributed by atoms with Gasteiger partial charge in [0.05, 0.1) is 6.04 Å². The van der Waals surface area contributed by atoms with Crippen LogP contribution >= 0.6 is 15.9 Å². The standard InChI is InChI=1S/C15H15BrN2O2/c1-9-7-14(19)13(8-17-9)15(20)18-10(2)11-3-5-12(16)6-4-11/h3-8,10H,1-2H3,(H,17,19)(H,18,20)/t10-/m0/s1. The molecule has 20 heavy (non-hydrogen) atoms. The number of amides is 1. The van der Waals surface area contributed by atoms with Crippen molar-refractivity contribution in [2.24, 2.45) is 0 Å². The molecule has 0 bridgehead atoms. The molecule has 1 heterocycles. The number of pyridine rings is 1. The van der Waals surface area contributed by atoms with Crippen LogP contribution in [0.1, 0.15) is 34.6 Å². The fourth-order valence-corrected chi connectivity index (χ4v) is 2.12. The summed E-state index contributed by atoms with van der Waals surface area (Å²) in [6.45, 7) is 3.65. The Balaban J connectivity index is 2.15. The molecule has 0 aliphatic heterocycles. The number of hydrogen-bond acceptors (Lipinski definition) is 2. The molecule has 0 aliphatic rings. The maximum absolute atomic E-state index is 12.1. The lowest BCUT2D eigenvalue weighted by Crippen LogP contribution is -2.30. The molecular formula is C15H15BrN2O2. The van der Waals surface area contributed by atoms with Gasteiger partial charge in [-0.1, -0.05) is 28.1 Å². The number of aromatic nitrogens is 1. The van der Waals surface area contributed by atoms with E-state index in [-0.39, 0.29) is 22.9 Å². The molecule has 1 amide bonds. The third-order valence-corrected chi connectivity index (χ3v) is 3.55. The second-order valence-electron chi connectivity index (χ2n) is 4.64. The maximum atomic E-state index is 12.1. The maximum Gasteiger partial charge on any atom is 0.257 e. The van der Waals surface area contributed by atoms with Crippen LogP contribution in [0, 0.1) is 6.92 Å². The Morgan fingerprint density at radius 1 is 1.30 bits per heavy atom. The van der Waals surface area contributed by atoms with Crippen LogP contribution < -0.4 is 10.7 Å². The van der Waals surface area contributed by atoms with Gasteiger partial charge in [-0.05, 0) is 31.5 Å². The quantitative estimate of drug-likeness (QED) is 0.906. The molecule has 2 N–H and O–H groups in total. The molecule has 104 valence electrons. The van der Waals surface area contributed by atoms with Gasteiger partial charge < -0.3 is 10.3 Å². The second kappa shape index (κ2) is 6.05. The number of halogens is 1. The lowest BCUT2D eigenvalue weighted by atomic mass is 10.1. The summed E-state index contributed by atoms with van der Waals surface area (Å²) in [5.41, 5.74) is 1.55. The third-order valence-electron chi connectivity index (χ3n) is 3.02. The van der Waals surface area contributed by atoms with E-state index in [1.54, 1.807) is 6.92 Å². The van der Waals surface area contributed by atoms with E-state index in [1.165, 1.54) is 12.3 Å². The van der Waals surface area contributed by atoms with Gasteiger partial charge in [0.1, 0.15) is 5.56 Å². The Hall–Kier alpha value is -1.88. The minimum Gasteiger partial charge on any atom is -0.364 e. The smallest absolute Gasteiger partial charge is 0.257 e. The summed E-state index contributed by atoms with van der Waals surface area (Å²) in [4.78, 5) is 26.7. The fourth-order valence-electron chi connectivity index (χ4n) is 1.86. The highest BCUT2D eigenvalue weighted by Gasteiger charge is 2.14. The van der Waals surface area contributed by atoms with E-state index < -0.39 is 0 Å². The van der Waals surface area contributed by atoms with Crippen LogP contribution in [0.3, 0.4) is 0 Å². The SMILES string of the molecule is Cc1cc(=O)c(C(=O)N[C@@H](C)c2ccc(Br)cc2)c[nH]1. The average Bonchev–Trinajstić information content (AvgIpc) is 2.39. The fraction of sp³-hybridized carbons (Fsp3) is 0.200. The van der Waals surface area contributed by atoms with Crippen LogP contribution in [0.4, 0.5) is 0 Å². The van der Waals surface area contributed by atoms with E-state index in [2.05, 4.69) is 26.2 Å². The van der Waals surface area contributed by atoms with Gasteiger partial charge in [0.15, 0.2) is 5.43 Å². The highest BCUT2D eigenvalue weighted by molar-refractivity contribution is 9.10. The predicted molar refractivity (Wildman–Crippen MR) is 81.8 cm³/mol. The molecule has 0 aliphatic carbocycles. The molecular weight excluding hydrogens is 320 g/mol. The molecule has 2 aromatic rings. The van der Waals surface area contributed by atoms with Crippen LogP contribution in [0.15, 0.2) is 45.8 Å². The van der Waals surface area contributed by atoms with Crippen molar-refractivity contribution in [3.05, 3.63) is 68.0 Å². The van der Waals surface area contributed by atoms with Gasteiger partial charge in [0.2, 0.25) is 0 Å². The molecule has 1 atom stereocenters. The number of rotatable bonds is 3. The first-order chi connectivity index (χ1) is 9.47. The summed E-state index contributed by atoms with van der Waals surface area (Å²) in [7, 11) is 0. The van der Waals surface area contributed by atoms with Gasteiger partial charge in [-0.25, -0.2) is 0 Å². The Kier molecular flexibility index (Phi) is 4.39.